The molecule has 0 saturated heterocycles. The molecule has 3 nitrogen and oxygen atoms in total. The molecule has 5 heteroatoms. The maximum Gasteiger partial charge on any atom is 0.304 e. The molecule has 1 unspecified atom stereocenters. The van der Waals surface area contributed by atoms with E-state index in [1.165, 1.54) is 11.3 Å². The molecule has 0 amide bonds. The molecule has 1 aromatic carbocycles. The summed E-state index contributed by atoms with van der Waals surface area (Å²) in [6.45, 7) is 1.87. The number of halogens is 1. The molecule has 1 atom stereocenters. The molecule has 0 fully saturated rings. The number of carbonyl (C=O) groups is 1. The molecule has 0 saturated carbocycles. The van der Waals surface area contributed by atoms with Gasteiger partial charge < -0.3 is 5.11 Å². The van der Waals surface area contributed by atoms with Crippen LogP contribution in [-0.2, 0) is 4.79 Å². The van der Waals surface area contributed by atoms with Crippen molar-refractivity contribution in [1.29, 1.82) is 0 Å². The summed E-state index contributed by atoms with van der Waals surface area (Å²) in [5.41, 5.74) is 0.877. The summed E-state index contributed by atoms with van der Waals surface area (Å²) < 4.78 is 1.000. The third-order valence-electron chi connectivity index (χ3n) is 2.27. The number of thiazole rings is 1. The molecule has 0 radical (unpaired) electrons. The van der Waals surface area contributed by atoms with E-state index >= 15 is 0 Å². The third kappa shape index (κ3) is 2.33. The van der Waals surface area contributed by atoms with Gasteiger partial charge in [0, 0.05) is 10.9 Å². The Hall–Kier alpha value is -1.13. The predicted octanol–water partition coefficient (Wildman–Crippen LogP) is 3.53. The summed E-state index contributed by atoms with van der Waals surface area (Å²) >= 11 is 7.38. The zero-order valence-corrected chi connectivity index (χ0v) is 10.2. The standard InChI is InChI=1S/C11H10ClNO2S/c1-6(4-10(14)15)11-13-8-3-2-7(12)5-9(8)16-11/h2-3,5-6H,4H2,1H3,(H,14,15). The van der Waals surface area contributed by atoms with E-state index in [1.807, 2.05) is 19.1 Å². The summed E-state index contributed by atoms with van der Waals surface area (Å²) in [6, 6.07) is 5.49. The fourth-order valence-electron chi connectivity index (χ4n) is 1.48. The van der Waals surface area contributed by atoms with Crippen LogP contribution in [0.5, 0.6) is 0 Å². The van der Waals surface area contributed by atoms with Gasteiger partial charge in [0.1, 0.15) is 0 Å². The van der Waals surface area contributed by atoms with Gasteiger partial charge in [-0.25, -0.2) is 4.98 Å². The minimum atomic E-state index is -0.801. The fraction of sp³-hybridized carbons (Fsp3) is 0.273. The van der Waals surface area contributed by atoms with Crippen LogP contribution < -0.4 is 0 Å². The van der Waals surface area contributed by atoms with Crippen molar-refractivity contribution in [2.24, 2.45) is 0 Å². The molecule has 0 aliphatic carbocycles. The monoisotopic (exact) mass is 255 g/mol. The Kier molecular flexibility index (Phi) is 3.12. The lowest BCUT2D eigenvalue weighted by molar-refractivity contribution is -0.137. The lowest BCUT2D eigenvalue weighted by Gasteiger charge is -2.02. The van der Waals surface area contributed by atoms with Crippen LogP contribution >= 0.6 is 22.9 Å². The van der Waals surface area contributed by atoms with Crippen molar-refractivity contribution in [2.75, 3.05) is 0 Å². The third-order valence-corrected chi connectivity index (χ3v) is 3.75. The van der Waals surface area contributed by atoms with Crippen molar-refractivity contribution in [3.63, 3.8) is 0 Å². The summed E-state index contributed by atoms with van der Waals surface area (Å²) in [5.74, 6) is -0.863. The average Bonchev–Trinajstić information content (AvgIpc) is 2.59. The smallest absolute Gasteiger partial charge is 0.304 e. The Labute approximate surface area is 102 Å². The van der Waals surface area contributed by atoms with Gasteiger partial charge in [-0.15, -0.1) is 11.3 Å². The molecule has 0 aliphatic heterocycles. The molecular weight excluding hydrogens is 246 g/mol. The maximum absolute atomic E-state index is 10.6. The van der Waals surface area contributed by atoms with E-state index in [9.17, 15) is 4.79 Å². The Morgan fingerprint density at radius 2 is 2.38 bits per heavy atom. The number of fused-ring (bicyclic) bond motifs is 1. The first-order chi connectivity index (χ1) is 7.56. The zero-order valence-electron chi connectivity index (χ0n) is 8.61. The van der Waals surface area contributed by atoms with Gasteiger partial charge in [-0.2, -0.15) is 0 Å². The minimum Gasteiger partial charge on any atom is -0.481 e. The van der Waals surface area contributed by atoms with Crippen LogP contribution in [-0.4, -0.2) is 16.1 Å². The molecule has 0 aliphatic rings. The number of aromatic nitrogens is 1. The van der Waals surface area contributed by atoms with Gasteiger partial charge in [0.25, 0.3) is 0 Å². The molecular formula is C11H10ClNO2S. The van der Waals surface area contributed by atoms with E-state index in [1.54, 1.807) is 6.07 Å². The van der Waals surface area contributed by atoms with Crippen LogP contribution in [0.15, 0.2) is 18.2 Å². The van der Waals surface area contributed by atoms with E-state index < -0.39 is 5.97 Å². The fourth-order valence-corrected chi connectivity index (χ4v) is 2.77. The van der Waals surface area contributed by atoms with Crippen LogP contribution in [0.3, 0.4) is 0 Å². The van der Waals surface area contributed by atoms with Crippen molar-refractivity contribution in [3.8, 4) is 0 Å². The highest BCUT2D eigenvalue weighted by molar-refractivity contribution is 7.18. The number of hydrogen-bond acceptors (Lipinski definition) is 3. The Bertz CT molecular complexity index is 538. The Balaban J connectivity index is 2.35. The summed E-state index contributed by atoms with van der Waals surface area (Å²) in [6.07, 6.45) is 0.105. The number of benzene rings is 1. The molecule has 84 valence electrons. The van der Waals surface area contributed by atoms with Gasteiger partial charge in [-0.1, -0.05) is 18.5 Å². The molecule has 2 aromatic rings. The van der Waals surface area contributed by atoms with Crippen molar-refractivity contribution >= 4 is 39.1 Å². The van der Waals surface area contributed by atoms with E-state index in [2.05, 4.69) is 4.98 Å². The largest absolute Gasteiger partial charge is 0.481 e. The lowest BCUT2D eigenvalue weighted by atomic mass is 10.1. The van der Waals surface area contributed by atoms with Crippen molar-refractivity contribution < 1.29 is 9.90 Å². The highest BCUT2D eigenvalue weighted by Gasteiger charge is 2.14. The molecule has 1 N–H and O–H groups in total. The predicted molar refractivity (Wildman–Crippen MR) is 65.3 cm³/mol. The average molecular weight is 256 g/mol. The second-order valence-corrected chi connectivity index (χ2v) is 5.16. The summed E-state index contributed by atoms with van der Waals surface area (Å²) in [7, 11) is 0. The number of aliphatic carboxylic acids is 1. The van der Waals surface area contributed by atoms with Crippen LogP contribution in [0.2, 0.25) is 5.02 Å². The van der Waals surface area contributed by atoms with Crippen molar-refractivity contribution in [2.45, 2.75) is 19.3 Å². The van der Waals surface area contributed by atoms with E-state index in [0.29, 0.717) is 5.02 Å². The highest BCUT2D eigenvalue weighted by atomic mass is 35.5. The number of carboxylic acids is 1. The van der Waals surface area contributed by atoms with Gasteiger partial charge in [-0.3, -0.25) is 4.79 Å². The number of nitrogens with zero attached hydrogens (tertiary/aromatic N) is 1. The molecule has 1 heterocycles. The second-order valence-electron chi connectivity index (χ2n) is 3.66. The number of hydrogen-bond donors (Lipinski definition) is 1. The SMILES string of the molecule is CC(CC(=O)O)c1nc2ccc(Cl)cc2s1. The first-order valence-electron chi connectivity index (χ1n) is 4.84. The number of rotatable bonds is 3. The first-order valence-corrected chi connectivity index (χ1v) is 6.03. The molecule has 0 spiro atoms. The van der Waals surface area contributed by atoms with Crippen molar-refractivity contribution in [1.82, 2.24) is 4.98 Å². The van der Waals surface area contributed by atoms with Crippen LogP contribution in [0.1, 0.15) is 24.3 Å². The minimum absolute atomic E-state index is 0.0614. The topological polar surface area (TPSA) is 50.2 Å². The van der Waals surface area contributed by atoms with Gasteiger partial charge in [0.15, 0.2) is 0 Å². The van der Waals surface area contributed by atoms with Crippen LogP contribution in [0, 0.1) is 0 Å². The molecule has 1 aromatic heterocycles. The summed E-state index contributed by atoms with van der Waals surface area (Å²) in [5, 5.41) is 10.2. The van der Waals surface area contributed by atoms with Crippen LogP contribution in [0.4, 0.5) is 0 Å². The highest BCUT2D eigenvalue weighted by Crippen LogP contribution is 2.30. The van der Waals surface area contributed by atoms with Gasteiger partial charge in [0.05, 0.1) is 21.6 Å². The van der Waals surface area contributed by atoms with Crippen molar-refractivity contribution in [3.05, 3.63) is 28.2 Å². The quantitative estimate of drug-likeness (QED) is 0.913. The first kappa shape index (κ1) is 11.4. The summed E-state index contributed by atoms with van der Waals surface area (Å²) in [4.78, 5) is 15.0. The molecule has 2 rings (SSSR count). The Morgan fingerprint density at radius 3 is 3.06 bits per heavy atom. The maximum atomic E-state index is 10.6. The van der Waals surface area contributed by atoms with Gasteiger partial charge >= 0.3 is 5.97 Å². The second kappa shape index (κ2) is 4.39. The normalized spacial score (nSPS) is 12.9. The van der Waals surface area contributed by atoms with E-state index in [-0.39, 0.29) is 12.3 Å². The van der Waals surface area contributed by atoms with E-state index in [4.69, 9.17) is 16.7 Å². The van der Waals surface area contributed by atoms with Gasteiger partial charge in [0.2, 0.25) is 0 Å². The van der Waals surface area contributed by atoms with E-state index in [0.717, 1.165) is 15.2 Å². The lowest BCUT2D eigenvalue weighted by Crippen LogP contribution is -2.02. The molecule has 0 bridgehead atoms. The number of carboxylic acid groups (broad SMARTS) is 1. The van der Waals surface area contributed by atoms with Crippen LogP contribution in [0.25, 0.3) is 10.2 Å². The van der Waals surface area contributed by atoms with Gasteiger partial charge in [-0.05, 0) is 18.2 Å². The molecule has 16 heavy (non-hydrogen) atoms. The Morgan fingerprint density at radius 1 is 1.62 bits per heavy atom. The zero-order chi connectivity index (χ0) is 11.7.